The molecule has 7 heteroatoms. The molecule has 7 nitrogen and oxygen atoms in total. The number of carbonyl (C=O) groups excluding carboxylic acids is 1. The lowest BCUT2D eigenvalue weighted by atomic mass is 10.2. The van der Waals surface area contributed by atoms with Gasteiger partial charge in [-0.1, -0.05) is 6.92 Å². The molecular weight excluding hydrogens is 270 g/mol. The fourth-order valence-electron chi connectivity index (χ4n) is 1.75. The highest BCUT2D eigenvalue weighted by atomic mass is 16.5. The minimum atomic E-state index is -0.254. The van der Waals surface area contributed by atoms with Gasteiger partial charge in [-0.2, -0.15) is 0 Å². The van der Waals surface area contributed by atoms with Crippen LogP contribution in [0, 0.1) is 0 Å². The Morgan fingerprint density at radius 1 is 1.38 bits per heavy atom. The zero-order valence-corrected chi connectivity index (χ0v) is 11.9. The van der Waals surface area contributed by atoms with Crippen LogP contribution >= 0.6 is 0 Å². The number of ether oxygens (including phenoxy) is 1. The Hall–Kier alpha value is -2.67. The van der Waals surface area contributed by atoms with Crippen LogP contribution in [0.5, 0.6) is 5.88 Å². The zero-order chi connectivity index (χ0) is 15.2. The number of hydrazine groups is 1. The largest absolute Gasteiger partial charge is 0.481 e. The summed E-state index contributed by atoms with van der Waals surface area (Å²) >= 11 is 0. The molecule has 0 radical (unpaired) electrons. The van der Waals surface area contributed by atoms with E-state index in [0.29, 0.717) is 29.4 Å². The van der Waals surface area contributed by atoms with Gasteiger partial charge in [0.15, 0.2) is 0 Å². The first-order valence-corrected chi connectivity index (χ1v) is 6.45. The Morgan fingerprint density at radius 2 is 2.19 bits per heavy atom. The lowest BCUT2D eigenvalue weighted by Gasteiger charge is -2.08. The molecule has 0 aliphatic carbocycles. The Bertz CT molecular complexity index is 606. The normalized spacial score (nSPS) is 10.0. The molecule has 2 aromatic rings. The molecule has 2 heterocycles. The maximum atomic E-state index is 12.2. The first-order valence-electron chi connectivity index (χ1n) is 6.45. The van der Waals surface area contributed by atoms with Gasteiger partial charge in [0.05, 0.1) is 19.0 Å². The van der Waals surface area contributed by atoms with Crippen molar-refractivity contribution in [1.82, 2.24) is 9.97 Å². The Morgan fingerprint density at radius 3 is 2.76 bits per heavy atom. The number of nitrogens with one attached hydrogen (secondary N) is 2. The van der Waals surface area contributed by atoms with E-state index in [2.05, 4.69) is 20.7 Å². The number of pyridine rings is 2. The molecule has 2 rings (SSSR count). The Kier molecular flexibility index (Phi) is 4.68. The van der Waals surface area contributed by atoms with Crippen molar-refractivity contribution in [2.24, 2.45) is 5.84 Å². The van der Waals surface area contributed by atoms with E-state index in [1.807, 2.05) is 6.92 Å². The topological polar surface area (TPSA) is 102 Å². The molecule has 0 saturated heterocycles. The number of anilines is 2. The third-order valence-corrected chi connectivity index (χ3v) is 2.85. The molecule has 1 amide bonds. The lowest BCUT2D eigenvalue weighted by molar-refractivity contribution is 0.102. The van der Waals surface area contributed by atoms with Gasteiger partial charge >= 0.3 is 0 Å². The molecule has 0 unspecified atom stereocenters. The fourth-order valence-corrected chi connectivity index (χ4v) is 1.75. The van der Waals surface area contributed by atoms with Crippen molar-refractivity contribution < 1.29 is 9.53 Å². The maximum Gasteiger partial charge on any atom is 0.255 e. The third-order valence-electron chi connectivity index (χ3n) is 2.85. The Balaban J connectivity index is 2.18. The van der Waals surface area contributed by atoms with E-state index < -0.39 is 0 Å². The van der Waals surface area contributed by atoms with Crippen LogP contribution < -0.4 is 21.3 Å². The van der Waals surface area contributed by atoms with E-state index in [0.717, 1.165) is 5.69 Å². The zero-order valence-electron chi connectivity index (χ0n) is 11.9. The smallest absolute Gasteiger partial charge is 0.255 e. The third kappa shape index (κ3) is 3.67. The number of carbonyl (C=O) groups is 1. The van der Waals surface area contributed by atoms with E-state index in [1.54, 1.807) is 24.3 Å². The van der Waals surface area contributed by atoms with Gasteiger partial charge in [0.1, 0.15) is 5.82 Å². The SMILES string of the molecule is CCc1cc(C(=O)Nc2ccc(OC)nc2)cc(NN)n1. The lowest BCUT2D eigenvalue weighted by Crippen LogP contribution is -2.15. The molecule has 4 N–H and O–H groups in total. The standard InChI is InChI=1S/C14H17N5O2/c1-3-10-6-9(7-12(17-10)19-15)14(20)18-11-4-5-13(21-2)16-8-11/h4-8H,3,15H2,1-2H3,(H,17,19)(H,18,20). The summed E-state index contributed by atoms with van der Waals surface area (Å²) in [5, 5.41) is 2.76. The van der Waals surface area contributed by atoms with Gasteiger partial charge in [-0.05, 0) is 24.6 Å². The number of methoxy groups -OCH3 is 1. The van der Waals surface area contributed by atoms with Crippen molar-refractivity contribution in [2.45, 2.75) is 13.3 Å². The number of nitrogens with two attached hydrogens (primary N) is 1. The molecule has 0 bridgehead atoms. The number of aromatic nitrogens is 2. The molecule has 0 fully saturated rings. The van der Waals surface area contributed by atoms with Crippen LogP contribution in [0.25, 0.3) is 0 Å². The number of nitrogen functional groups attached to an aromatic ring is 1. The van der Waals surface area contributed by atoms with Crippen LogP contribution in [0.4, 0.5) is 11.5 Å². The van der Waals surface area contributed by atoms with Gasteiger partial charge in [0.2, 0.25) is 5.88 Å². The highest BCUT2D eigenvalue weighted by Gasteiger charge is 2.10. The minimum Gasteiger partial charge on any atom is -0.481 e. The summed E-state index contributed by atoms with van der Waals surface area (Å²) in [6.45, 7) is 1.96. The van der Waals surface area contributed by atoms with Gasteiger partial charge in [-0.25, -0.2) is 15.8 Å². The summed E-state index contributed by atoms with van der Waals surface area (Å²) in [6.07, 6.45) is 2.24. The van der Waals surface area contributed by atoms with Gasteiger partial charge in [-0.3, -0.25) is 4.79 Å². The molecule has 0 aliphatic heterocycles. The van der Waals surface area contributed by atoms with E-state index in [4.69, 9.17) is 10.6 Å². The molecule has 21 heavy (non-hydrogen) atoms. The summed E-state index contributed by atoms with van der Waals surface area (Å²) < 4.78 is 4.97. The summed E-state index contributed by atoms with van der Waals surface area (Å²) in [6, 6.07) is 6.71. The van der Waals surface area contributed by atoms with Gasteiger partial charge in [-0.15, -0.1) is 0 Å². The van der Waals surface area contributed by atoms with Crippen LogP contribution in [0.2, 0.25) is 0 Å². The average molecular weight is 287 g/mol. The van der Waals surface area contributed by atoms with Crippen LogP contribution in [0.15, 0.2) is 30.5 Å². The molecule has 0 spiro atoms. The molecule has 0 atom stereocenters. The summed E-state index contributed by atoms with van der Waals surface area (Å²) in [5.41, 5.74) is 4.30. The number of aryl methyl sites for hydroxylation is 1. The van der Waals surface area contributed by atoms with Crippen molar-refractivity contribution in [3.8, 4) is 5.88 Å². The van der Waals surface area contributed by atoms with E-state index in [1.165, 1.54) is 13.3 Å². The first-order chi connectivity index (χ1) is 10.2. The second-order valence-corrected chi connectivity index (χ2v) is 4.27. The molecule has 2 aromatic heterocycles. The van der Waals surface area contributed by atoms with Crippen LogP contribution in [0.3, 0.4) is 0 Å². The molecule has 110 valence electrons. The molecule has 0 aliphatic rings. The van der Waals surface area contributed by atoms with E-state index in [-0.39, 0.29) is 5.91 Å². The average Bonchev–Trinajstić information content (AvgIpc) is 2.54. The van der Waals surface area contributed by atoms with E-state index >= 15 is 0 Å². The van der Waals surface area contributed by atoms with Crippen molar-refractivity contribution in [2.75, 3.05) is 17.9 Å². The van der Waals surface area contributed by atoms with Gasteiger partial charge in [0.25, 0.3) is 5.91 Å². The number of hydrogen-bond donors (Lipinski definition) is 3. The molecular formula is C14H17N5O2. The second-order valence-electron chi connectivity index (χ2n) is 4.27. The quantitative estimate of drug-likeness (QED) is 0.570. The van der Waals surface area contributed by atoms with Crippen molar-refractivity contribution in [3.05, 3.63) is 41.7 Å². The summed E-state index contributed by atoms with van der Waals surface area (Å²) in [7, 11) is 1.53. The molecule has 0 saturated carbocycles. The number of rotatable bonds is 5. The predicted molar refractivity (Wildman–Crippen MR) is 80.2 cm³/mol. The van der Waals surface area contributed by atoms with Crippen molar-refractivity contribution in [3.63, 3.8) is 0 Å². The van der Waals surface area contributed by atoms with Gasteiger partial charge in [0, 0.05) is 17.3 Å². The van der Waals surface area contributed by atoms with Crippen molar-refractivity contribution >= 4 is 17.4 Å². The summed E-state index contributed by atoms with van der Waals surface area (Å²) in [4.78, 5) is 20.5. The summed E-state index contributed by atoms with van der Waals surface area (Å²) in [5.74, 6) is 6.04. The predicted octanol–water partition coefficient (Wildman–Crippen LogP) is 1.59. The number of hydrogen-bond acceptors (Lipinski definition) is 6. The fraction of sp³-hybridized carbons (Fsp3) is 0.214. The highest BCUT2D eigenvalue weighted by molar-refractivity contribution is 6.04. The van der Waals surface area contributed by atoms with E-state index in [9.17, 15) is 4.79 Å². The monoisotopic (exact) mass is 287 g/mol. The minimum absolute atomic E-state index is 0.254. The second kappa shape index (κ2) is 6.67. The van der Waals surface area contributed by atoms with Crippen LogP contribution in [-0.2, 0) is 6.42 Å². The highest BCUT2D eigenvalue weighted by Crippen LogP contribution is 2.15. The van der Waals surface area contributed by atoms with Crippen molar-refractivity contribution in [1.29, 1.82) is 0 Å². The number of amides is 1. The Labute approximate surface area is 122 Å². The van der Waals surface area contributed by atoms with Crippen LogP contribution in [-0.4, -0.2) is 23.0 Å². The number of nitrogens with zero attached hydrogens (tertiary/aromatic N) is 2. The van der Waals surface area contributed by atoms with Crippen LogP contribution in [0.1, 0.15) is 23.0 Å². The maximum absolute atomic E-state index is 12.2. The van der Waals surface area contributed by atoms with Gasteiger partial charge < -0.3 is 15.5 Å². The first kappa shape index (κ1) is 14.7. The molecule has 0 aromatic carbocycles.